The van der Waals surface area contributed by atoms with Crippen LogP contribution in [0, 0.1) is 5.92 Å². The number of carbonyl (C=O) groups excluding carboxylic acids is 1. The highest BCUT2D eigenvalue weighted by atomic mass is 19.4. The molecule has 23 heavy (non-hydrogen) atoms. The average molecular weight is 331 g/mol. The van der Waals surface area contributed by atoms with E-state index >= 15 is 0 Å². The number of likely N-dealkylation sites (tertiary alicyclic amines) is 1. The van der Waals surface area contributed by atoms with Crippen LogP contribution < -0.4 is 4.74 Å². The van der Waals surface area contributed by atoms with Crippen molar-refractivity contribution in [3.05, 3.63) is 18.0 Å². The van der Waals surface area contributed by atoms with Gasteiger partial charge < -0.3 is 9.64 Å². The van der Waals surface area contributed by atoms with Gasteiger partial charge in [-0.05, 0) is 12.5 Å². The van der Waals surface area contributed by atoms with Crippen molar-refractivity contribution in [1.29, 1.82) is 0 Å². The molecular formula is C15H20F3N3O2. The van der Waals surface area contributed by atoms with E-state index in [0.29, 0.717) is 25.9 Å². The molecule has 1 saturated heterocycles. The van der Waals surface area contributed by atoms with Gasteiger partial charge in [0.15, 0.2) is 5.69 Å². The predicted molar refractivity (Wildman–Crippen MR) is 76.7 cm³/mol. The third kappa shape index (κ3) is 4.56. The average Bonchev–Trinajstić information content (AvgIpc) is 2.53. The van der Waals surface area contributed by atoms with Crippen LogP contribution in [0.5, 0.6) is 6.01 Å². The van der Waals surface area contributed by atoms with Crippen molar-refractivity contribution in [1.82, 2.24) is 14.9 Å². The lowest BCUT2D eigenvalue weighted by Gasteiger charge is -2.33. The molecule has 0 aromatic carbocycles. The third-order valence-electron chi connectivity index (χ3n) is 3.98. The second kappa shape index (κ2) is 7.14. The Hall–Kier alpha value is -1.86. The van der Waals surface area contributed by atoms with Gasteiger partial charge in [-0.3, -0.25) is 4.79 Å². The van der Waals surface area contributed by atoms with Crippen LogP contribution in [-0.4, -0.2) is 40.0 Å². The van der Waals surface area contributed by atoms with E-state index in [0.717, 1.165) is 18.7 Å². The molecule has 1 aliphatic heterocycles. The molecule has 2 rings (SSSR count). The summed E-state index contributed by atoms with van der Waals surface area (Å²) in [5, 5.41) is 0. The minimum atomic E-state index is -4.52. The van der Waals surface area contributed by atoms with Crippen molar-refractivity contribution in [2.24, 2.45) is 5.92 Å². The van der Waals surface area contributed by atoms with Crippen LogP contribution >= 0.6 is 0 Å². The summed E-state index contributed by atoms with van der Waals surface area (Å²) in [5.74, 6) is 0.0977. The summed E-state index contributed by atoms with van der Waals surface area (Å²) < 4.78 is 43.3. The lowest BCUT2D eigenvalue weighted by atomic mass is 10.0. The Morgan fingerprint density at radius 3 is 2.65 bits per heavy atom. The molecule has 0 radical (unpaired) electrons. The first-order chi connectivity index (χ1) is 10.8. The molecule has 2 heterocycles. The van der Waals surface area contributed by atoms with Crippen LogP contribution in [0.2, 0.25) is 0 Å². The molecule has 0 spiro atoms. The Balaban J connectivity index is 1.91. The molecule has 1 amide bonds. The van der Waals surface area contributed by atoms with E-state index in [-0.39, 0.29) is 23.9 Å². The van der Waals surface area contributed by atoms with E-state index in [1.54, 1.807) is 4.90 Å². The van der Waals surface area contributed by atoms with Crippen LogP contribution in [0.4, 0.5) is 13.2 Å². The number of alkyl halides is 3. The molecule has 1 fully saturated rings. The van der Waals surface area contributed by atoms with Crippen LogP contribution in [0.3, 0.4) is 0 Å². The van der Waals surface area contributed by atoms with E-state index in [2.05, 4.69) is 9.97 Å². The lowest BCUT2D eigenvalue weighted by molar-refractivity contribution is -0.142. The summed E-state index contributed by atoms with van der Waals surface area (Å²) in [7, 11) is 0. The highest BCUT2D eigenvalue weighted by Crippen LogP contribution is 2.28. The fraction of sp³-hybridized carbons (Fsp3) is 0.667. The summed E-state index contributed by atoms with van der Waals surface area (Å²) in [6.45, 7) is 4.92. The number of halogens is 3. The molecule has 0 bridgehead atoms. The number of amides is 1. The van der Waals surface area contributed by atoms with Gasteiger partial charge >= 0.3 is 12.2 Å². The fourth-order valence-electron chi connectivity index (χ4n) is 2.38. The number of rotatable bonds is 4. The molecule has 1 aliphatic rings. The summed E-state index contributed by atoms with van der Waals surface area (Å²) in [6.07, 6.45) is -1.86. The Morgan fingerprint density at radius 2 is 2.09 bits per heavy atom. The van der Waals surface area contributed by atoms with Gasteiger partial charge in [0.1, 0.15) is 6.10 Å². The predicted octanol–water partition coefficient (Wildman–Crippen LogP) is 2.91. The molecule has 1 atom stereocenters. The van der Waals surface area contributed by atoms with E-state index in [1.807, 2.05) is 13.8 Å². The van der Waals surface area contributed by atoms with Crippen molar-refractivity contribution < 1.29 is 22.7 Å². The molecule has 0 aliphatic carbocycles. The maximum Gasteiger partial charge on any atom is 0.433 e. The van der Waals surface area contributed by atoms with Gasteiger partial charge in [0, 0.05) is 38.0 Å². The summed E-state index contributed by atoms with van der Waals surface area (Å²) in [6, 6.07) is 0.534. The maximum atomic E-state index is 12.6. The molecule has 1 aromatic rings. The molecule has 1 aromatic heterocycles. The van der Waals surface area contributed by atoms with Crippen LogP contribution in [0.25, 0.3) is 0 Å². The van der Waals surface area contributed by atoms with E-state index < -0.39 is 11.9 Å². The van der Waals surface area contributed by atoms with Gasteiger partial charge in [0.25, 0.3) is 0 Å². The number of hydrogen-bond donors (Lipinski definition) is 0. The fourth-order valence-corrected chi connectivity index (χ4v) is 2.38. The molecule has 0 N–H and O–H groups in total. The van der Waals surface area contributed by atoms with Crippen molar-refractivity contribution in [3.63, 3.8) is 0 Å². The van der Waals surface area contributed by atoms with Gasteiger partial charge in [-0.25, -0.2) is 4.98 Å². The van der Waals surface area contributed by atoms with E-state index in [9.17, 15) is 18.0 Å². The minimum Gasteiger partial charge on any atom is -0.460 e. The zero-order valence-corrected chi connectivity index (χ0v) is 13.1. The SMILES string of the molecule is CCC(C)C(=O)N1CCC(Oc2nccc(C(F)(F)F)n2)CC1. The van der Waals surface area contributed by atoms with Gasteiger partial charge in [-0.15, -0.1) is 0 Å². The van der Waals surface area contributed by atoms with Crippen LogP contribution in [-0.2, 0) is 11.0 Å². The van der Waals surface area contributed by atoms with E-state index in [4.69, 9.17) is 4.74 Å². The van der Waals surface area contributed by atoms with Gasteiger partial charge in [0.05, 0.1) is 0 Å². The Morgan fingerprint density at radius 1 is 1.43 bits per heavy atom. The van der Waals surface area contributed by atoms with Crippen molar-refractivity contribution in [2.45, 2.75) is 45.4 Å². The summed E-state index contributed by atoms with van der Waals surface area (Å²) in [4.78, 5) is 21.0. The number of nitrogens with zero attached hydrogens (tertiary/aromatic N) is 3. The minimum absolute atomic E-state index is 0.0146. The topological polar surface area (TPSA) is 55.3 Å². The third-order valence-corrected chi connectivity index (χ3v) is 3.98. The lowest BCUT2D eigenvalue weighted by Crippen LogP contribution is -2.43. The number of ether oxygens (including phenoxy) is 1. The molecule has 8 heteroatoms. The largest absolute Gasteiger partial charge is 0.460 e. The standard InChI is InChI=1S/C15H20F3N3O2/c1-3-10(2)13(22)21-8-5-11(6-9-21)23-14-19-7-4-12(20-14)15(16,17)18/h4,7,10-11H,3,5-6,8-9H2,1-2H3. The number of piperidine rings is 1. The number of carbonyl (C=O) groups is 1. The van der Waals surface area contributed by atoms with Gasteiger partial charge in [-0.1, -0.05) is 13.8 Å². The van der Waals surface area contributed by atoms with Crippen LogP contribution in [0.15, 0.2) is 12.3 Å². The Bertz CT molecular complexity index is 543. The molecule has 0 saturated carbocycles. The summed E-state index contributed by atoms with van der Waals surface area (Å²) in [5.41, 5.74) is -1.02. The zero-order chi connectivity index (χ0) is 17.0. The van der Waals surface area contributed by atoms with Crippen molar-refractivity contribution in [2.75, 3.05) is 13.1 Å². The Labute approximate surface area is 132 Å². The molecule has 5 nitrogen and oxygen atoms in total. The van der Waals surface area contributed by atoms with Gasteiger partial charge in [-0.2, -0.15) is 18.2 Å². The number of aromatic nitrogens is 2. The second-order valence-electron chi connectivity index (χ2n) is 5.67. The maximum absolute atomic E-state index is 12.6. The first-order valence-electron chi connectivity index (χ1n) is 7.67. The molecule has 128 valence electrons. The van der Waals surface area contributed by atoms with Gasteiger partial charge in [0.2, 0.25) is 5.91 Å². The van der Waals surface area contributed by atoms with E-state index in [1.165, 1.54) is 0 Å². The number of hydrogen-bond acceptors (Lipinski definition) is 4. The monoisotopic (exact) mass is 331 g/mol. The highest BCUT2D eigenvalue weighted by Gasteiger charge is 2.33. The second-order valence-corrected chi connectivity index (χ2v) is 5.67. The zero-order valence-electron chi connectivity index (χ0n) is 13.1. The van der Waals surface area contributed by atoms with Crippen LogP contribution in [0.1, 0.15) is 38.8 Å². The molecule has 1 unspecified atom stereocenters. The normalized spacial score (nSPS) is 17.9. The first kappa shape index (κ1) is 17.5. The quantitative estimate of drug-likeness (QED) is 0.851. The van der Waals surface area contributed by atoms with Crippen molar-refractivity contribution in [3.8, 4) is 6.01 Å². The highest BCUT2D eigenvalue weighted by molar-refractivity contribution is 5.78. The van der Waals surface area contributed by atoms with Crippen molar-refractivity contribution >= 4 is 5.91 Å². The smallest absolute Gasteiger partial charge is 0.433 e. The first-order valence-corrected chi connectivity index (χ1v) is 7.67. The Kier molecular flexibility index (Phi) is 5.43. The molecular weight excluding hydrogens is 311 g/mol. The summed E-state index contributed by atoms with van der Waals surface area (Å²) >= 11 is 0.